The molecular formula is C8H18N2O. The summed E-state index contributed by atoms with van der Waals surface area (Å²) in [7, 11) is 0. The first-order valence-electron chi connectivity index (χ1n) is 4.31. The predicted octanol–water partition coefficient (Wildman–Crippen LogP) is 0.653. The van der Waals surface area contributed by atoms with E-state index in [1.165, 1.54) is 12.8 Å². The third kappa shape index (κ3) is 3.18. The van der Waals surface area contributed by atoms with E-state index in [1.807, 2.05) is 13.8 Å². The highest BCUT2D eigenvalue weighted by Gasteiger charge is 2.30. The molecule has 0 heterocycles. The van der Waals surface area contributed by atoms with Gasteiger partial charge in [0.25, 0.3) is 0 Å². The van der Waals surface area contributed by atoms with Crippen LogP contribution in [0.3, 0.4) is 0 Å². The Kier molecular flexibility index (Phi) is 3.30. The fourth-order valence-electron chi connectivity index (χ4n) is 1.11. The van der Waals surface area contributed by atoms with Gasteiger partial charge in [0.05, 0.1) is 12.7 Å². The number of nitrogens with one attached hydrogen (secondary N) is 1. The Labute approximate surface area is 68.3 Å². The second-order valence-electron chi connectivity index (χ2n) is 3.49. The molecule has 0 aromatic heterocycles. The van der Waals surface area contributed by atoms with Crippen molar-refractivity contribution in [3.63, 3.8) is 0 Å². The van der Waals surface area contributed by atoms with Crippen LogP contribution in [0.2, 0.25) is 0 Å². The Morgan fingerprint density at radius 1 is 1.55 bits per heavy atom. The summed E-state index contributed by atoms with van der Waals surface area (Å²) >= 11 is 0. The minimum absolute atomic E-state index is 0.310. The van der Waals surface area contributed by atoms with E-state index in [1.54, 1.807) is 0 Å². The molecule has 1 rings (SSSR count). The van der Waals surface area contributed by atoms with Crippen LogP contribution in [-0.2, 0) is 4.74 Å². The molecule has 0 aliphatic heterocycles. The van der Waals surface area contributed by atoms with Gasteiger partial charge in [0, 0.05) is 6.04 Å². The molecule has 3 N–H and O–H groups in total. The molecule has 1 aliphatic carbocycles. The molecule has 1 atom stereocenters. The van der Waals surface area contributed by atoms with Gasteiger partial charge in [0.2, 0.25) is 0 Å². The topological polar surface area (TPSA) is 47.3 Å². The molecule has 1 saturated carbocycles. The molecule has 0 aromatic rings. The molecule has 0 bridgehead atoms. The van der Waals surface area contributed by atoms with Crippen LogP contribution in [-0.4, -0.2) is 18.8 Å². The number of rotatable bonds is 5. The van der Waals surface area contributed by atoms with Crippen molar-refractivity contribution >= 4 is 0 Å². The fourth-order valence-corrected chi connectivity index (χ4v) is 1.11. The number of ether oxygens (including phenoxy) is 1. The summed E-state index contributed by atoms with van der Waals surface area (Å²) in [6, 6.07) is 0.373. The lowest BCUT2D eigenvalue weighted by Gasteiger charge is -2.16. The molecule has 0 aromatic carbocycles. The highest BCUT2D eigenvalue weighted by molar-refractivity contribution is 4.84. The number of hydrogen-bond acceptors (Lipinski definition) is 3. The molecule has 11 heavy (non-hydrogen) atoms. The lowest BCUT2D eigenvalue weighted by molar-refractivity contribution is 0.0569. The molecule has 1 aliphatic rings. The van der Waals surface area contributed by atoms with Gasteiger partial charge in [-0.15, -0.1) is 0 Å². The number of nitrogens with two attached hydrogens (primary N) is 1. The van der Waals surface area contributed by atoms with Crippen molar-refractivity contribution in [1.82, 2.24) is 5.43 Å². The van der Waals surface area contributed by atoms with Crippen LogP contribution < -0.4 is 11.3 Å². The Bertz CT molecular complexity index is 113. The lowest BCUT2D eigenvalue weighted by atomic mass is 10.2. The van der Waals surface area contributed by atoms with E-state index in [4.69, 9.17) is 10.6 Å². The molecule has 3 nitrogen and oxygen atoms in total. The van der Waals surface area contributed by atoms with Crippen LogP contribution in [0.4, 0.5) is 0 Å². The first kappa shape index (κ1) is 8.97. The van der Waals surface area contributed by atoms with Gasteiger partial charge in [0.1, 0.15) is 0 Å². The van der Waals surface area contributed by atoms with Gasteiger partial charge in [-0.2, -0.15) is 0 Å². The monoisotopic (exact) mass is 158 g/mol. The van der Waals surface area contributed by atoms with Crippen LogP contribution in [0.1, 0.15) is 26.7 Å². The van der Waals surface area contributed by atoms with Gasteiger partial charge in [-0.05, 0) is 32.6 Å². The van der Waals surface area contributed by atoms with Gasteiger partial charge in [-0.1, -0.05) is 0 Å². The highest BCUT2D eigenvalue weighted by atomic mass is 16.5. The van der Waals surface area contributed by atoms with Crippen molar-refractivity contribution in [1.29, 1.82) is 0 Å². The van der Waals surface area contributed by atoms with Crippen LogP contribution in [0.5, 0.6) is 0 Å². The van der Waals surface area contributed by atoms with E-state index in [-0.39, 0.29) is 0 Å². The maximum absolute atomic E-state index is 5.45. The Morgan fingerprint density at radius 3 is 2.55 bits per heavy atom. The average Bonchev–Trinajstić information content (AvgIpc) is 2.72. The van der Waals surface area contributed by atoms with Gasteiger partial charge in [-0.25, -0.2) is 0 Å². The van der Waals surface area contributed by atoms with Gasteiger partial charge < -0.3 is 4.74 Å². The third-order valence-corrected chi connectivity index (χ3v) is 2.01. The fraction of sp³-hybridized carbons (Fsp3) is 1.00. The number of hydrazine groups is 1. The van der Waals surface area contributed by atoms with Crippen LogP contribution >= 0.6 is 0 Å². The molecule has 66 valence electrons. The molecular weight excluding hydrogens is 140 g/mol. The van der Waals surface area contributed by atoms with E-state index in [9.17, 15) is 0 Å². The molecule has 3 heteroatoms. The SMILES string of the molecule is CC(C)OCC(NN)C1CC1. The van der Waals surface area contributed by atoms with E-state index < -0.39 is 0 Å². The lowest BCUT2D eigenvalue weighted by Crippen LogP contribution is -2.40. The first-order valence-corrected chi connectivity index (χ1v) is 4.31. The Morgan fingerprint density at radius 2 is 2.18 bits per heavy atom. The summed E-state index contributed by atoms with van der Waals surface area (Å²) in [4.78, 5) is 0. The summed E-state index contributed by atoms with van der Waals surface area (Å²) < 4.78 is 5.45. The summed E-state index contributed by atoms with van der Waals surface area (Å²) in [5.74, 6) is 6.13. The van der Waals surface area contributed by atoms with Gasteiger partial charge >= 0.3 is 0 Å². The summed E-state index contributed by atoms with van der Waals surface area (Å²) in [5, 5.41) is 0. The van der Waals surface area contributed by atoms with Crippen molar-refractivity contribution in [2.24, 2.45) is 11.8 Å². The van der Waals surface area contributed by atoms with Gasteiger partial charge in [-0.3, -0.25) is 11.3 Å². The van der Waals surface area contributed by atoms with Crippen molar-refractivity contribution in [2.45, 2.75) is 38.8 Å². The minimum atomic E-state index is 0.310. The first-order chi connectivity index (χ1) is 5.24. The van der Waals surface area contributed by atoms with E-state index in [0.717, 1.165) is 12.5 Å². The van der Waals surface area contributed by atoms with E-state index in [2.05, 4.69) is 5.43 Å². The molecule has 0 amide bonds. The normalized spacial score (nSPS) is 20.7. The van der Waals surface area contributed by atoms with Crippen LogP contribution in [0.25, 0.3) is 0 Å². The van der Waals surface area contributed by atoms with E-state index >= 15 is 0 Å². The van der Waals surface area contributed by atoms with Crippen molar-refractivity contribution in [3.8, 4) is 0 Å². The predicted molar refractivity (Wildman–Crippen MR) is 44.9 cm³/mol. The maximum Gasteiger partial charge on any atom is 0.0639 e. The molecule has 0 spiro atoms. The van der Waals surface area contributed by atoms with E-state index in [0.29, 0.717) is 12.1 Å². The van der Waals surface area contributed by atoms with Crippen molar-refractivity contribution in [2.75, 3.05) is 6.61 Å². The van der Waals surface area contributed by atoms with Crippen LogP contribution in [0.15, 0.2) is 0 Å². The van der Waals surface area contributed by atoms with Crippen molar-refractivity contribution in [3.05, 3.63) is 0 Å². The summed E-state index contributed by atoms with van der Waals surface area (Å²) in [6.07, 6.45) is 2.91. The smallest absolute Gasteiger partial charge is 0.0639 e. The zero-order chi connectivity index (χ0) is 8.27. The second-order valence-corrected chi connectivity index (χ2v) is 3.49. The Balaban J connectivity index is 2.10. The molecule has 1 fully saturated rings. The molecule has 0 saturated heterocycles. The third-order valence-electron chi connectivity index (χ3n) is 2.01. The second kappa shape index (κ2) is 4.04. The van der Waals surface area contributed by atoms with Crippen LogP contribution in [0, 0.1) is 5.92 Å². The number of hydrogen-bond donors (Lipinski definition) is 2. The minimum Gasteiger partial charge on any atom is -0.377 e. The standard InChI is InChI=1S/C8H18N2O/c1-6(2)11-5-8(10-9)7-3-4-7/h6-8,10H,3-5,9H2,1-2H3. The quantitative estimate of drug-likeness (QED) is 0.456. The average molecular weight is 158 g/mol. The zero-order valence-electron chi connectivity index (χ0n) is 7.34. The largest absolute Gasteiger partial charge is 0.377 e. The van der Waals surface area contributed by atoms with Crippen molar-refractivity contribution < 1.29 is 4.74 Å². The highest BCUT2D eigenvalue weighted by Crippen LogP contribution is 2.32. The molecule has 1 unspecified atom stereocenters. The zero-order valence-corrected chi connectivity index (χ0v) is 7.34. The molecule has 0 radical (unpaired) electrons. The summed E-state index contributed by atoms with van der Waals surface area (Å²) in [5.41, 5.74) is 2.79. The van der Waals surface area contributed by atoms with Gasteiger partial charge in [0.15, 0.2) is 0 Å². The summed E-state index contributed by atoms with van der Waals surface area (Å²) in [6.45, 7) is 4.83. The Hall–Kier alpha value is -0.120. The maximum atomic E-state index is 5.45.